The number of hydrogen-bond acceptors (Lipinski definition) is 2. The smallest absolute Gasteiger partial charge is 0.314 e. The van der Waals surface area contributed by atoms with E-state index in [1.54, 1.807) is 12.1 Å². The van der Waals surface area contributed by atoms with Crippen LogP contribution in [0.25, 0.3) is 0 Å². The van der Waals surface area contributed by atoms with Crippen molar-refractivity contribution in [3.63, 3.8) is 0 Å². The first-order chi connectivity index (χ1) is 13.8. The SMILES string of the molecule is CC(C)(C)c1cccc(NC(=O)C(=O)Nc2cccc(Cc3ccccc3)c2)c1. The van der Waals surface area contributed by atoms with Gasteiger partial charge in [-0.15, -0.1) is 0 Å². The molecular formula is C25H26N2O2. The second-order valence-corrected chi connectivity index (χ2v) is 8.10. The van der Waals surface area contributed by atoms with Gasteiger partial charge in [-0.1, -0.05) is 75.4 Å². The number of carbonyl (C=O) groups is 2. The maximum Gasteiger partial charge on any atom is 0.314 e. The van der Waals surface area contributed by atoms with Crippen LogP contribution >= 0.6 is 0 Å². The van der Waals surface area contributed by atoms with Gasteiger partial charge in [0, 0.05) is 11.4 Å². The molecule has 29 heavy (non-hydrogen) atoms. The molecule has 4 nitrogen and oxygen atoms in total. The average molecular weight is 386 g/mol. The van der Waals surface area contributed by atoms with Crippen molar-refractivity contribution >= 4 is 23.2 Å². The predicted octanol–water partition coefficient (Wildman–Crippen LogP) is 5.15. The summed E-state index contributed by atoms with van der Waals surface area (Å²) in [5.74, 6) is -1.38. The third-order valence-electron chi connectivity index (χ3n) is 4.63. The van der Waals surface area contributed by atoms with Gasteiger partial charge in [0.05, 0.1) is 0 Å². The molecule has 0 heterocycles. The Balaban J connectivity index is 1.64. The maximum atomic E-state index is 12.3. The summed E-state index contributed by atoms with van der Waals surface area (Å²) in [6, 6.07) is 25.2. The fourth-order valence-electron chi connectivity index (χ4n) is 3.03. The Hall–Kier alpha value is -3.40. The number of amides is 2. The minimum atomic E-state index is -0.692. The summed E-state index contributed by atoms with van der Waals surface area (Å²) in [7, 11) is 0. The van der Waals surface area contributed by atoms with Crippen LogP contribution in [0.2, 0.25) is 0 Å². The van der Waals surface area contributed by atoms with E-state index in [1.165, 1.54) is 5.56 Å². The normalized spacial score (nSPS) is 11.0. The highest BCUT2D eigenvalue weighted by Gasteiger charge is 2.17. The van der Waals surface area contributed by atoms with Gasteiger partial charge in [-0.2, -0.15) is 0 Å². The molecule has 3 aromatic carbocycles. The Morgan fingerprint density at radius 3 is 1.86 bits per heavy atom. The van der Waals surface area contributed by atoms with E-state index in [-0.39, 0.29) is 5.41 Å². The molecule has 2 N–H and O–H groups in total. The van der Waals surface area contributed by atoms with Crippen LogP contribution in [0.4, 0.5) is 11.4 Å². The standard InChI is InChI=1S/C25H26N2O2/c1-25(2,3)20-12-8-14-22(17-20)27-24(29)23(28)26-21-13-7-11-19(16-21)15-18-9-5-4-6-10-18/h4-14,16-17H,15H2,1-3H3,(H,26,28)(H,27,29). The largest absolute Gasteiger partial charge is 0.318 e. The zero-order valence-electron chi connectivity index (χ0n) is 17.0. The summed E-state index contributed by atoms with van der Waals surface area (Å²) in [6.45, 7) is 6.30. The Labute approximate surface area is 172 Å². The number of anilines is 2. The minimum Gasteiger partial charge on any atom is -0.318 e. The number of benzene rings is 3. The molecule has 4 heteroatoms. The number of hydrogen-bond donors (Lipinski definition) is 2. The quantitative estimate of drug-likeness (QED) is 0.609. The van der Waals surface area contributed by atoms with E-state index < -0.39 is 11.8 Å². The van der Waals surface area contributed by atoms with Gasteiger partial charge in [0.2, 0.25) is 0 Å². The van der Waals surface area contributed by atoms with E-state index in [4.69, 9.17) is 0 Å². The third-order valence-corrected chi connectivity index (χ3v) is 4.63. The fourth-order valence-corrected chi connectivity index (χ4v) is 3.03. The lowest BCUT2D eigenvalue weighted by Gasteiger charge is -2.19. The summed E-state index contributed by atoms with van der Waals surface area (Å²) in [6.07, 6.45) is 0.760. The van der Waals surface area contributed by atoms with Crippen LogP contribution in [0.5, 0.6) is 0 Å². The third kappa shape index (κ3) is 5.79. The van der Waals surface area contributed by atoms with Crippen LogP contribution in [0.1, 0.15) is 37.5 Å². The first-order valence-corrected chi connectivity index (χ1v) is 9.67. The molecule has 0 bridgehead atoms. The van der Waals surface area contributed by atoms with E-state index in [1.807, 2.05) is 54.6 Å². The molecule has 0 saturated heterocycles. The first kappa shape index (κ1) is 20.3. The Kier molecular flexibility index (Phi) is 6.13. The lowest BCUT2D eigenvalue weighted by molar-refractivity contribution is -0.132. The highest BCUT2D eigenvalue weighted by Crippen LogP contribution is 2.24. The number of rotatable bonds is 4. The number of nitrogens with one attached hydrogen (secondary N) is 2. The molecule has 0 aromatic heterocycles. The van der Waals surface area contributed by atoms with Crippen LogP contribution in [-0.2, 0) is 21.4 Å². The fraction of sp³-hybridized carbons (Fsp3) is 0.200. The van der Waals surface area contributed by atoms with Crippen molar-refractivity contribution in [2.75, 3.05) is 10.6 Å². The number of carbonyl (C=O) groups excluding carboxylic acids is 2. The molecule has 0 unspecified atom stereocenters. The Bertz CT molecular complexity index is 1000. The highest BCUT2D eigenvalue weighted by atomic mass is 16.2. The molecule has 0 radical (unpaired) electrons. The summed E-state index contributed by atoms with van der Waals surface area (Å²) in [5, 5.41) is 5.36. The lowest BCUT2D eigenvalue weighted by Crippen LogP contribution is -2.29. The molecule has 148 valence electrons. The van der Waals surface area contributed by atoms with Gasteiger partial charge in [-0.05, 0) is 52.8 Å². The van der Waals surface area contributed by atoms with Crippen LogP contribution in [-0.4, -0.2) is 11.8 Å². The van der Waals surface area contributed by atoms with Crippen molar-refractivity contribution in [1.29, 1.82) is 0 Å². The Morgan fingerprint density at radius 1 is 0.690 bits per heavy atom. The summed E-state index contributed by atoms with van der Waals surface area (Å²) < 4.78 is 0. The lowest BCUT2D eigenvalue weighted by atomic mass is 9.87. The molecule has 0 aliphatic heterocycles. The topological polar surface area (TPSA) is 58.2 Å². The molecule has 2 amide bonds. The van der Waals surface area contributed by atoms with E-state index in [0.29, 0.717) is 11.4 Å². The summed E-state index contributed by atoms with van der Waals surface area (Å²) >= 11 is 0. The van der Waals surface area contributed by atoms with E-state index in [9.17, 15) is 9.59 Å². The van der Waals surface area contributed by atoms with Crippen LogP contribution in [0.15, 0.2) is 78.9 Å². The van der Waals surface area contributed by atoms with Gasteiger partial charge in [-0.3, -0.25) is 9.59 Å². The Morgan fingerprint density at radius 2 is 1.24 bits per heavy atom. The van der Waals surface area contributed by atoms with Crippen molar-refractivity contribution in [3.05, 3.63) is 95.6 Å². The van der Waals surface area contributed by atoms with Crippen LogP contribution < -0.4 is 10.6 Å². The molecule has 0 aliphatic rings. The van der Waals surface area contributed by atoms with Gasteiger partial charge in [0.1, 0.15) is 0 Å². The van der Waals surface area contributed by atoms with Crippen molar-refractivity contribution in [3.8, 4) is 0 Å². The summed E-state index contributed by atoms with van der Waals surface area (Å²) in [5.41, 5.74) is 4.50. The molecule has 0 atom stereocenters. The molecule has 3 aromatic rings. The summed E-state index contributed by atoms with van der Waals surface area (Å²) in [4.78, 5) is 24.7. The van der Waals surface area contributed by atoms with E-state index in [0.717, 1.165) is 17.5 Å². The van der Waals surface area contributed by atoms with Crippen molar-refractivity contribution in [2.24, 2.45) is 0 Å². The zero-order valence-corrected chi connectivity index (χ0v) is 17.0. The van der Waals surface area contributed by atoms with Crippen LogP contribution in [0, 0.1) is 0 Å². The van der Waals surface area contributed by atoms with Gasteiger partial charge < -0.3 is 10.6 Å². The predicted molar refractivity (Wildman–Crippen MR) is 118 cm³/mol. The van der Waals surface area contributed by atoms with E-state index >= 15 is 0 Å². The van der Waals surface area contributed by atoms with Gasteiger partial charge in [0.15, 0.2) is 0 Å². The van der Waals surface area contributed by atoms with Crippen molar-refractivity contribution in [1.82, 2.24) is 0 Å². The molecule has 0 saturated carbocycles. The maximum absolute atomic E-state index is 12.3. The van der Waals surface area contributed by atoms with Crippen molar-refractivity contribution < 1.29 is 9.59 Å². The monoisotopic (exact) mass is 386 g/mol. The molecule has 0 spiro atoms. The minimum absolute atomic E-state index is 0.0395. The first-order valence-electron chi connectivity index (χ1n) is 9.67. The van der Waals surface area contributed by atoms with Gasteiger partial charge in [0.25, 0.3) is 0 Å². The second kappa shape index (κ2) is 8.74. The van der Waals surface area contributed by atoms with Crippen molar-refractivity contribution in [2.45, 2.75) is 32.6 Å². The van der Waals surface area contributed by atoms with Crippen LogP contribution in [0.3, 0.4) is 0 Å². The molecule has 0 aliphatic carbocycles. The average Bonchev–Trinajstić information content (AvgIpc) is 2.68. The van der Waals surface area contributed by atoms with Gasteiger partial charge >= 0.3 is 11.8 Å². The highest BCUT2D eigenvalue weighted by molar-refractivity contribution is 6.43. The molecular weight excluding hydrogens is 360 g/mol. The molecule has 3 rings (SSSR count). The molecule has 0 fully saturated rings. The second-order valence-electron chi connectivity index (χ2n) is 8.10. The zero-order chi connectivity index (χ0) is 20.9. The van der Waals surface area contributed by atoms with Gasteiger partial charge in [-0.25, -0.2) is 0 Å². The van der Waals surface area contributed by atoms with E-state index in [2.05, 4.69) is 43.5 Å².